The highest BCUT2D eigenvalue weighted by atomic mass is 16.7. The molecule has 2 fully saturated rings. The van der Waals surface area contributed by atoms with E-state index < -0.39 is 17.2 Å². The summed E-state index contributed by atoms with van der Waals surface area (Å²) in [6.07, 6.45) is 6.64. The lowest BCUT2D eigenvalue weighted by molar-refractivity contribution is -0.151. The van der Waals surface area contributed by atoms with Crippen LogP contribution < -0.4 is 11.5 Å². The first-order chi connectivity index (χ1) is 40.7. The maximum atomic E-state index is 11.2. The third-order valence-electron chi connectivity index (χ3n) is 12.0. The van der Waals surface area contributed by atoms with Crippen LogP contribution in [0.5, 0.6) is 0 Å². The van der Waals surface area contributed by atoms with Gasteiger partial charge < -0.3 is 49.7 Å². The molecule has 0 aliphatic carbocycles. The van der Waals surface area contributed by atoms with E-state index in [4.69, 9.17) is 39.9 Å². The molecule has 570 valence electrons. The molecule has 4 N–H and O–H groups in total. The lowest BCUT2D eigenvalue weighted by Gasteiger charge is -2.32. The highest BCUT2D eigenvalue weighted by molar-refractivity contribution is 5.79. The summed E-state index contributed by atoms with van der Waals surface area (Å²) in [7, 11) is 8.44. The highest BCUT2D eigenvalue weighted by Gasteiger charge is 2.26. The number of nitrogens with two attached hydrogens (primary N) is 2. The molecular weight excluding hydrogens is 1160 g/mol. The Labute approximate surface area is 584 Å². The van der Waals surface area contributed by atoms with Crippen molar-refractivity contribution in [3.63, 3.8) is 0 Å². The van der Waals surface area contributed by atoms with Gasteiger partial charge in [-0.2, -0.15) is 0 Å². The zero-order valence-electron chi connectivity index (χ0n) is 70.0. The molecule has 0 atom stereocenters. The fourth-order valence-electron chi connectivity index (χ4n) is 6.61. The van der Waals surface area contributed by atoms with Crippen LogP contribution in [0.15, 0.2) is 0 Å². The second-order valence-corrected chi connectivity index (χ2v) is 37.6. The number of carbonyl (C=O) groups is 3. The van der Waals surface area contributed by atoms with Crippen LogP contribution >= 0.6 is 0 Å². The van der Waals surface area contributed by atoms with Gasteiger partial charge in [0.1, 0.15) is 11.1 Å². The van der Waals surface area contributed by atoms with Gasteiger partial charge in [-0.25, -0.2) is 4.79 Å². The molecule has 0 aromatic carbocycles. The number of rotatable bonds is 14. The summed E-state index contributed by atoms with van der Waals surface area (Å²) in [5.74, 6) is -0.686. The Bertz CT molecular complexity index is 1700. The Morgan fingerprint density at radius 3 is 1.00 bits per heavy atom. The Morgan fingerprint density at radius 2 is 0.774 bits per heavy atom. The van der Waals surface area contributed by atoms with Crippen LogP contribution in [-0.2, 0) is 38.0 Å². The van der Waals surface area contributed by atoms with E-state index in [0.717, 1.165) is 65.6 Å². The molecule has 0 aromatic rings. The number of nitrogens with zero attached hydrogens (tertiary/aromatic N) is 4. The molecule has 0 spiro atoms. The van der Waals surface area contributed by atoms with E-state index in [2.05, 4.69) is 207 Å². The average molecular weight is 1340 g/mol. The summed E-state index contributed by atoms with van der Waals surface area (Å²) in [6.45, 7) is 91.9. The van der Waals surface area contributed by atoms with Gasteiger partial charge in [-0.15, -0.1) is 0 Å². The van der Waals surface area contributed by atoms with Crippen molar-refractivity contribution in [1.82, 2.24) is 19.6 Å². The number of morpholine rings is 2. The van der Waals surface area contributed by atoms with E-state index in [-0.39, 0.29) is 41.7 Å². The lowest BCUT2D eigenvalue weighted by Crippen LogP contribution is -2.43. The van der Waals surface area contributed by atoms with Gasteiger partial charge in [0.15, 0.2) is 0 Å². The third-order valence-corrected chi connectivity index (χ3v) is 12.0. The van der Waals surface area contributed by atoms with E-state index in [0.29, 0.717) is 52.3 Å². The number of hydrogen-bond acceptors (Lipinski definition) is 15. The fourth-order valence-corrected chi connectivity index (χ4v) is 6.61. The largest absolute Gasteiger partial charge is 0.508 e. The summed E-state index contributed by atoms with van der Waals surface area (Å²) in [4.78, 5) is 42.6. The molecule has 0 aromatic heterocycles. The molecule has 2 saturated heterocycles. The summed E-state index contributed by atoms with van der Waals surface area (Å²) in [5, 5.41) is 0. The predicted octanol–water partition coefficient (Wildman–Crippen LogP) is 19.2. The van der Waals surface area contributed by atoms with Crippen molar-refractivity contribution in [2.24, 2.45) is 60.2 Å². The highest BCUT2D eigenvalue weighted by Crippen LogP contribution is 2.23. The van der Waals surface area contributed by atoms with Gasteiger partial charge in [0, 0.05) is 39.3 Å². The van der Waals surface area contributed by atoms with Gasteiger partial charge in [-0.05, 0) is 157 Å². The van der Waals surface area contributed by atoms with Crippen LogP contribution in [0.1, 0.15) is 302 Å². The molecule has 15 heteroatoms. The van der Waals surface area contributed by atoms with Crippen molar-refractivity contribution in [2.75, 3.05) is 127 Å². The monoisotopic (exact) mass is 1340 g/mol. The summed E-state index contributed by atoms with van der Waals surface area (Å²) >= 11 is 0. The van der Waals surface area contributed by atoms with Crippen LogP contribution in [0.25, 0.3) is 0 Å². The number of carbonyl (C=O) groups excluding carboxylic acids is 3. The van der Waals surface area contributed by atoms with Gasteiger partial charge in [-0.3, -0.25) is 19.4 Å². The van der Waals surface area contributed by atoms with Crippen molar-refractivity contribution < 1.29 is 42.8 Å². The van der Waals surface area contributed by atoms with Gasteiger partial charge >= 0.3 is 18.1 Å². The molecule has 2 aliphatic heterocycles. The van der Waals surface area contributed by atoms with Gasteiger partial charge in [0.05, 0.1) is 52.4 Å². The van der Waals surface area contributed by atoms with Gasteiger partial charge in [0.25, 0.3) is 0 Å². The standard InChI is InChI=1S/C10H21NO2.C10H21NO.C9H19NO2.C9H19NO.C9H18O3.C8H19N.C7H17N.C7H16.C6H14.C2H6.CH4/c1-9(2,3)6-7-13-8(12)10(4,5)11;1-10(2,3)4-5-11-6-8-12-9-7-11;1-8(2,3)6-12-7(11)9(4,5)10;1-9(2,3)8-10-4-6-11-7-5-10;1-7(2)12-8(10)11-6-9(3,4)5;1-8(2,3)6-7-9(4)5;1-7(2,3)6-8(4)5;1-5-6-7(2,3)4;1-5-6(2,3)4;1-2;/h6-7,11H2,1-5H3;4-9H2,1-3H3;6,10H2,1-5H3;4-8H2,1-3H3;7H,6H2,1-5H3;6-7H2,1-5H3;6H2,1-5H3;5-6H2,1-4H3;5H2,1-4H3;1-2H3;1H4. The van der Waals surface area contributed by atoms with E-state index in [9.17, 15) is 14.4 Å². The van der Waals surface area contributed by atoms with E-state index in [1.54, 1.807) is 41.5 Å². The molecule has 0 radical (unpaired) electrons. The van der Waals surface area contributed by atoms with E-state index in [1.165, 1.54) is 51.7 Å². The van der Waals surface area contributed by atoms with Gasteiger partial charge in [-0.1, -0.05) is 235 Å². The van der Waals surface area contributed by atoms with Crippen LogP contribution in [0.2, 0.25) is 0 Å². The molecule has 2 aliphatic rings. The van der Waals surface area contributed by atoms with Crippen LogP contribution in [0.4, 0.5) is 4.79 Å². The molecule has 2 heterocycles. The third kappa shape index (κ3) is 114. The normalized spacial score (nSPS) is 14.3. The molecule has 0 amide bonds. The first-order valence-electron chi connectivity index (χ1n) is 35.3. The zero-order chi connectivity index (χ0) is 75.2. The molecule has 2 rings (SSSR count). The minimum atomic E-state index is -0.884. The first-order valence-corrected chi connectivity index (χ1v) is 35.3. The first kappa shape index (κ1) is 110. The van der Waals surface area contributed by atoms with Crippen molar-refractivity contribution in [2.45, 2.75) is 319 Å². The molecule has 0 bridgehead atoms. The Balaban J connectivity index is -0.000000122. The SMILES string of the molecule is C.CC.CC(C)(C)CCN1CCOCC1.CC(C)(C)CCOC(=O)C(C)(C)N.CC(C)(C)CN1CCOCC1.CC(C)(C)COC(=O)C(C)(C)N.CC(C)OC(=O)OCC(C)(C)C.CCC(C)(C)C.CCCC(C)(C)C.CN(C)CC(C)(C)C.CN(C)CCC(C)(C)C. The Kier molecular flexibility index (Phi) is 63.4. The van der Waals surface area contributed by atoms with Crippen molar-refractivity contribution in [1.29, 1.82) is 0 Å². The van der Waals surface area contributed by atoms with Crippen LogP contribution in [0, 0.1) is 48.7 Å². The van der Waals surface area contributed by atoms with Crippen LogP contribution in [0.3, 0.4) is 0 Å². The predicted molar refractivity (Wildman–Crippen MR) is 410 cm³/mol. The van der Waals surface area contributed by atoms with Gasteiger partial charge in [0.2, 0.25) is 0 Å². The van der Waals surface area contributed by atoms with Crippen molar-refractivity contribution in [3.05, 3.63) is 0 Å². The fraction of sp³-hybridized carbons (Fsp3) is 0.962. The summed E-state index contributed by atoms with van der Waals surface area (Å²) in [5.41, 5.74) is 12.4. The van der Waals surface area contributed by atoms with E-state index >= 15 is 0 Å². The number of esters is 2. The molecule has 0 saturated carbocycles. The second kappa shape index (κ2) is 53.8. The minimum absolute atomic E-state index is 0. The smallest absolute Gasteiger partial charge is 0.464 e. The van der Waals surface area contributed by atoms with Crippen molar-refractivity contribution >= 4 is 18.1 Å². The van der Waals surface area contributed by atoms with Crippen molar-refractivity contribution in [3.8, 4) is 0 Å². The lowest BCUT2D eigenvalue weighted by atomic mass is 9.91. The maximum Gasteiger partial charge on any atom is 0.508 e. The van der Waals surface area contributed by atoms with E-state index in [1.807, 2.05) is 55.4 Å². The Morgan fingerprint density at radius 1 is 0.441 bits per heavy atom. The quantitative estimate of drug-likeness (QED) is 0.124. The molecule has 93 heavy (non-hydrogen) atoms. The molecule has 15 nitrogen and oxygen atoms in total. The number of ether oxygens (including phenoxy) is 6. The minimum Gasteiger partial charge on any atom is -0.464 e. The summed E-state index contributed by atoms with van der Waals surface area (Å²) < 4.78 is 30.2. The maximum absolute atomic E-state index is 11.2. The Hall–Kier alpha value is -2.11. The molecular formula is C78H174N6O9. The molecule has 0 unspecified atom stereocenters. The topological polar surface area (TPSA) is 172 Å². The second-order valence-electron chi connectivity index (χ2n) is 37.6. The number of hydrogen-bond donors (Lipinski definition) is 2. The zero-order valence-corrected chi connectivity index (χ0v) is 70.0. The summed E-state index contributed by atoms with van der Waals surface area (Å²) in [6, 6.07) is 0. The van der Waals surface area contributed by atoms with Crippen LogP contribution in [-0.4, -0.2) is 182 Å². The average Bonchev–Trinajstić information content (AvgIpc) is 1.41.